The molecule has 260 valence electrons. The zero-order valence-electron chi connectivity index (χ0n) is 30.5. The minimum absolute atomic E-state index is 0.101. The number of para-hydroxylation sites is 3. The number of fused-ring (bicyclic) bond motifs is 15. The van der Waals surface area contributed by atoms with E-state index >= 15 is 0 Å². The van der Waals surface area contributed by atoms with E-state index in [0.717, 1.165) is 17.2 Å². The zero-order chi connectivity index (χ0) is 36.5. The van der Waals surface area contributed by atoms with Crippen molar-refractivity contribution in [3.63, 3.8) is 0 Å². The second-order valence-corrected chi connectivity index (χ2v) is 16.7. The smallest absolute Gasteiger partial charge is 0.132 e. The molecule has 55 heavy (non-hydrogen) atoms. The Morgan fingerprint density at radius 3 is 1.80 bits per heavy atom. The normalized spacial score (nSPS) is 14.8. The molecule has 0 amide bonds. The standard InChI is InChI=1S/C52H35NOS/c1-51(2)39-19-8-6-17-34(39)36-28-27-33(29-43(36)51)53(32-15-4-3-5-16-32)45-23-14-26-48-50(45)38-30-37-35-18-7-9-20-40(35)52(44(37)31-49(38)55-48)41-21-10-12-24-46(41)54-47-25-13-11-22-42(47)52/h3-31H,1-2H3. The monoisotopic (exact) mass is 721 g/mol. The molecule has 1 spiro atoms. The highest BCUT2D eigenvalue weighted by Crippen LogP contribution is 2.63. The fourth-order valence-corrected chi connectivity index (χ4v) is 11.3. The number of nitrogens with zero attached hydrogens (tertiary/aromatic N) is 1. The molecule has 2 heterocycles. The van der Waals surface area contributed by atoms with E-state index in [1.165, 1.54) is 87.2 Å². The minimum atomic E-state index is -0.491. The van der Waals surface area contributed by atoms with Gasteiger partial charge in [-0.25, -0.2) is 0 Å². The van der Waals surface area contributed by atoms with Crippen molar-refractivity contribution in [3.8, 4) is 33.8 Å². The molecule has 0 radical (unpaired) electrons. The highest BCUT2D eigenvalue weighted by Gasteiger charge is 2.51. The summed E-state index contributed by atoms with van der Waals surface area (Å²) in [5, 5.41) is 2.56. The molecular formula is C52H35NOS. The van der Waals surface area contributed by atoms with Gasteiger partial charge in [0, 0.05) is 48.1 Å². The van der Waals surface area contributed by atoms with E-state index in [9.17, 15) is 0 Å². The van der Waals surface area contributed by atoms with Crippen LogP contribution >= 0.6 is 11.3 Å². The summed E-state index contributed by atoms with van der Waals surface area (Å²) in [6.07, 6.45) is 0. The summed E-state index contributed by atoms with van der Waals surface area (Å²) in [6, 6.07) is 64.9. The predicted octanol–water partition coefficient (Wildman–Crippen LogP) is 14.3. The summed E-state index contributed by atoms with van der Waals surface area (Å²) >= 11 is 1.89. The van der Waals surface area contributed by atoms with Gasteiger partial charge in [-0.3, -0.25) is 0 Å². The molecule has 3 heteroatoms. The van der Waals surface area contributed by atoms with E-state index in [4.69, 9.17) is 4.74 Å². The quantitative estimate of drug-likeness (QED) is 0.180. The number of ether oxygens (including phenoxy) is 1. The topological polar surface area (TPSA) is 12.5 Å². The third kappa shape index (κ3) is 4.03. The highest BCUT2D eigenvalue weighted by molar-refractivity contribution is 7.26. The molecule has 12 rings (SSSR count). The SMILES string of the molecule is CC1(C)c2ccccc2-c2ccc(N(c3ccccc3)c3cccc4sc5cc6c(cc5c34)-c3ccccc3C63c4ccccc4Oc4ccccc43)cc21. The molecule has 0 saturated heterocycles. The fraction of sp³-hybridized carbons (Fsp3) is 0.0769. The first kappa shape index (κ1) is 31.0. The number of thiophene rings is 1. The lowest BCUT2D eigenvalue weighted by atomic mass is 9.66. The van der Waals surface area contributed by atoms with Gasteiger partial charge in [-0.1, -0.05) is 129 Å². The van der Waals surface area contributed by atoms with Crippen LogP contribution < -0.4 is 9.64 Å². The summed E-state index contributed by atoms with van der Waals surface area (Å²) in [6.45, 7) is 4.73. The third-order valence-electron chi connectivity index (χ3n) is 12.5. The number of anilines is 3. The molecule has 0 saturated carbocycles. The average molecular weight is 722 g/mol. The highest BCUT2D eigenvalue weighted by atomic mass is 32.1. The summed E-state index contributed by atoms with van der Waals surface area (Å²) in [7, 11) is 0. The van der Waals surface area contributed by atoms with Crippen LogP contribution in [0.15, 0.2) is 176 Å². The Morgan fingerprint density at radius 1 is 0.436 bits per heavy atom. The minimum Gasteiger partial charge on any atom is -0.457 e. The summed E-state index contributed by atoms with van der Waals surface area (Å²) < 4.78 is 9.18. The molecule has 0 N–H and O–H groups in total. The molecule has 0 bridgehead atoms. The number of hydrogen-bond acceptors (Lipinski definition) is 3. The van der Waals surface area contributed by atoms with Crippen molar-refractivity contribution in [3.05, 3.63) is 209 Å². The maximum atomic E-state index is 6.61. The van der Waals surface area contributed by atoms with E-state index in [1.807, 2.05) is 11.3 Å². The first-order chi connectivity index (χ1) is 27.0. The lowest BCUT2D eigenvalue weighted by Gasteiger charge is -2.39. The Morgan fingerprint density at radius 2 is 1.05 bits per heavy atom. The van der Waals surface area contributed by atoms with Crippen LogP contribution in [-0.2, 0) is 10.8 Å². The Kier molecular flexibility index (Phi) is 6.23. The first-order valence-corrected chi connectivity index (χ1v) is 19.9. The van der Waals surface area contributed by atoms with Gasteiger partial charge in [0.15, 0.2) is 0 Å². The van der Waals surface area contributed by atoms with Crippen LogP contribution in [0.3, 0.4) is 0 Å². The Balaban J connectivity index is 1.13. The molecule has 1 aromatic heterocycles. The fourth-order valence-electron chi connectivity index (χ4n) is 10.2. The molecule has 0 fully saturated rings. The summed E-state index contributed by atoms with van der Waals surface area (Å²) in [5.74, 6) is 1.84. The molecule has 2 aliphatic carbocycles. The molecular weight excluding hydrogens is 687 g/mol. The average Bonchev–Trinajstić information content (AvgIpc) is 3.82. The lowest BCUT2D eigenvalue weighted by Crippen LogP contribution is -2.32. The van der Waals surface area contributed by atoms with Gasteiger partial charge in [-0.2, -0.15) is 0 Å². The van der Waals surface area contributed by atoms with Crippen LogP contribution in [0.5, 0.6) is 11.5 Å². The van der Waals surface area contributed by atoms with E-state index < -0.39 is 5.41 Å². The lowest BCUT2D eigenvalue weighted by molar-refractivity contribution is 0.436. The van der Waals surface area contributed by atoms with Crippen molar-refractivity contribution in [2.75, 3.05) is 4.90 Å². The Labute approximate surface area is 324 Å². The molecule has 1 aliphatic heterocycles. The zero-order valence-corrected chi connectivity index (χ0v) is 31.3. The maximum Gasteiger partial charge on any atom is 0.132 e. The second kappa shape index (κ2) is 11.1. The number of rotatable bonds is 3. The Hall–Kier alpha value is -6.42. The van der Waals surface area contributed by atoms with Crippen molar-refractivity contribution in [1.29, 1.82) is 0 Å². The van der Waals surface area contributed by atoms with Crippen molar-refractivity contribution in [2.45, 2.75) is 24.7 Å². The molecule has 3 aliphatic rings. The van der Waals surface area contributed by atoms with Gasteiger partial charge in [0.05, 0.1) is 11.1 Å². The van der Waals surface area contributed by atoms with E-state index in [-0.39, 0.29) is 5.41 Å². The first-order valence-electron chi connectivity index (χ1n) is 19.1. The number of benzene rings is 8. The van der Waals surface area contributed by atoms with E-state index in [0.29, 0.717) is 0 Å². The number of hydrogen-bond donors (Lipinski definition) is 0. The van der Waals surface area contributed by atoms with Crippen molar-refractivity contribution >= 4 is 48.6 Å². The summed E-state index contributed by atoms with van der Waals surface area (Å²) in [4.78, 5) is 2.47. The predicted molar refractivity (Wildman–Crippen MR) is 229 cm³/mol. The molecule has 9 aromatic rings. The van der Waals surface area contributed by atoms with Gasteiger partial charge >= 0.3 is 0 Å². The largest absolute Gasteiger partial charge is 0.457 e. The molecule has 8 aromatic carbocycles. The van der Waals surface area contributed by atoms with Crippen LogP contribution in [0.1, 0.15) is 47.2 Å². The van der Waals surface area contributed by atoms with Crippen LogP contribution in [0.2, 0.25) is 0 Å². The molecule has 0 unspecified atom stereocenters. The molecule has 2 nitrogen and oxygen atoms in total. The Bertz CT molecular complexity index is 3020. The van der Waals surface area contributed by atoms with Gasteiger partial charge < -0.3 is 9.64 Å². The van der Waals surface area contributed by atoms with Crippen LogP contribution in [0.25, 0.3) is 42.4 Å². The van der Waals surface area contributed by atoms with Gasteiger partial charge in [-0.05, 0) is 105 Å². The van der Waals surface area contributed by atoms with Crippen LogP contribution in [-0.4, -0.2) is 0 Å². The third-order valence-corrected chi connectivity index (χ3v) is 13.6. The molecule has 0 atom stereocenters. The van der Waals surface area contributed by atoms with Crippen molar-refractivity contribution < 1.29 is 4.74 Å². The van der Waals surface area contributed by atoms with Gasteiger partial charge in [-0.15, -0.1) is 11.3 Å². The van der Waals surface area contributed by atoms with E-state index in [2.05, 4.69) is 195 Å². The van der Waals surface area contributed by atoms with Crippen LogP contribution in [0, 0.1) is 0 Å². The maximum absolute atomic E-state index is 6.61. The summed E-state index contributed by atoms with van der Waals surface area (Å²) in [5.41, 5.74) is 15.9. The van der Waals surface area contributed by atoms with Crippen molar-refractivity contribution in [2.24, 2.45) is 0 Å². The van der Waals surface area contributed by atoms with Crippen molar-refractivity contribution in [1.82, 2.24) is 0 Å². The van der Waals surface area contributed by atoms with E-state index in [1.54, 1.807) is 0 Å². The van der Waals surface area contributed by atoms with Gasteiger partial charge in [0.25, 0.3) is 0 Å². The second-order valence-electron chi connectivity index (χ2n) is 15.6. The van der Waals surface area contributed by atoms with Gasteiger partial charge in [0.1, 0.15) is 11.5 Å². The van der Waals surface area contributed by atoms with Gasteiger partial charge in [0.2, 0.25) is 0 Å². The van der Waals surface area contributed by atoms with Crippen LogP contribution in [0.4, 0.5) is 17.1 Å².